The normalized spacial score (nSPS) is 17.1. The number of hydrogen-bond donors (Lipinski definition) is 0. The molecule has 5 nitrogen and oxygen atoms in total. The number of benzene rings is 1. The van der Waals surface area contributed by atoms with E-state index in [0.717, 1.165) is 28.1 Å². The zero-order valence-corrected chi connectivity index (χ0v) is 13.3. The zero-order chi connectivity index (χ0) is 15.8. The highest BCUT2D eigenvalue weighted by atomic mass is 32.1. The summed E-state index contributed by atoms with van der Waals surface area (Å²) in [6, 6.07) is 9.70. The van der Waals surface area contributed by atoms with Gasteiger partial charge < -0.3 is 9.64 Å². The quantitative estimate of drug-likeness (QED) is 0.852. The van der Waals surface area contributed by atoms with Gasteiger partial charge in [-0.25, -0.2) is 4.79 Å². The maximum atomic E-state index is 12.5. The number of ether oxygens (including phenoxy) is 1. The Morgan fingerprint density at radius 2 is 2.09 bits per heavy atom. The predicted molar refractivity (Wildman–Crippen MR) is 87.9 cm³/mol. The maximum Gasteiger partial charge on any atom is 0.414 e. The summed E-state index contributed by atoms with van der Waals surface area (Å²) in [5, 5.41) is 1.92. The Morgan fingerprint density at radius 3 is 2.83 bits per heavy atom. The summed E-state index contributed by atoms with van der Waals surface area (Å²) in [6.07, 6.45) is 0.474. The molecule has 0 bridgehead atoms. The number of carbonyl (C=O) groups excluding carboxylic acids is 2. The SMILES string of the molecule is O=C(c1cccs1)N1CCc2c(cccc2N2CCOC2=O)C1. The molecular weight excluding hydrogens is 312 g/mol. The third kappa shape index (κ3) is 2.49. The lowest BCUT2D eigenvalue weighted by atomic mass is 9.97. The van der Waals surface area contributed by atoms with E-state index >= 15 is 0 Å². The van der Waals surface area contributed by atoms with Crippen molar-refractivity contribution in [3.05, 3.63) is 51.7 Å². The third-order valence-corrected chi connectivity index (χ3v) is 5.17. The summed E-state index contributed by atoms with van der Waals surface area (Å²) in [5.74, 6) is 0.0802. The highest BCUT2D eigenvalue weighted by Gasteiger charge is 2.29. The van der Waals surface area contributed by atoms with Crippen LogP contribution < -0.4 is 4.90 Å². The van der Waals surface area contributed by atoms with Crippen LogP contribution in [0.15, 0.2) is 35.7 Å². The van der Waals surface area contributed by atoms with Gasteiger partial charge in [0.2, 0.25) is 0 Å². The van der Waals surface area contributed by atoms with Crippen LogP contribution in [0.25, 0.3) is 0 Å². The summed E-state index contributed by atoms with van der Waals surface area (Å²) in [4.78, 5) is 28.7. The minimum atomic E-state index is -0.282. The average molecular weight is 328 g/mol. The minimum Gasteiger partial charge on any atom is -0.447 e. The molecule has 2 aliphatic rings. The molecule has 1 aromatic carbocycles. The second-order valence-corrected chi connectivity index (χ2v) is 6.58. The number of carbonyl (C=O) groups is 2. The fourth-order valence-corrected chi connectivity index (χ4v) is 3.87. The van der Waals surface area contributed by atoms with E-state index in [-0.39, 0.29) is 12.0 Å². The molecule has 6 heteroatoms. The highest BCUT2D eigenvalue weighted by molar-refractivity contribution is 7.12. The molecule has 118 valence electrons. The Hall–Kier alpha value is -2.34. The van der Waals surface area contributed by atoms with Crippen LogP contribution in [0.4, 0.5) is 10.5 Å². The minimum absolute atomic E-state index is 0.0802. The van der Waals surface area contributed by atoms with Gasteiger partial charge in [-0.05, 0) is 35.1 Å². The largest absolute Gasteiger partial charge is 0.447 e. The smallest absolute Gasteiger partial charge is 0.414 e. The van der Waals surface area contributed by atoms with Crippen molar-refractivity contribution in [2.45, 2.75) is 13.0 Å². The van der Waals surface area contributed by atoms with Crippen molar-refractivity contribution in [1.29, 1.82) is 0 Å². The molecule has 1 saturated heterocycles. The van der Waals surface area contributed by atoms with Crippen LogP contribution in [0.5, 0.6) is 0 Å². The Morgan fingerprint density at radius 1 is 1.17 bits per heavy atom. The summed E-state index contributed by atoms with van der Waals surface area (Å²) in [6.45, 7) is 2.28. The van der Waals surface area contributed by atoms with Gasteiger partial charge in [0.25, 0.3) is 5.91 Å². The number of nitrogens with zero attached hydrogens (tertiary/aromatic N) is 2. The number of rotatable bonds is 2. The van der Waals surface area contributed by atoms with Gasteiger partial charge in [-0.1, -0.05) is 18.2 Å². The first-order valence-electron chi connectivity index (χ1n) is 7.62. The van der Waals surface area contributed by atoms with E-state index in [1.165, 1.54) is 11.3 Å². The fourth-order valence-electron chi connectivity index (χ4n) is 3.18. The first-order chi connectivity index (χ1) is 11.2. The van der Waals surface area contributed by atoms with Gasteiger partial charge in [-0.3, -0.25) is 9.69 Å². The van der Waals surface area contributed by atoms with E-state index in [0.29, 0.717) is 26.2 Å². The molecule has 0 atom stereocenters. The van der Waals surface area contributed by atoms with E-state index in [4.69, 9.17) is 4.74 Å². The van der Waals surface area contributed by atoms with Gasteiger partial charge in [0.1, 0.15) is 6.61 Å². The van der Waals surface area contributed by atoms with Crippen LogP contribution in [0.1, 0.15) is 20.8 Å². The van der Waals surface area contributed by atoms with E-state index in [1.54, 1.807) is 4.90 Å². The first-order valence-corrected chi connectivity index (χ1v) is 8.50. The van der Waals surface area contributed by atoms with Crippen molar-refractivity contribution in [1.82, 2.24) is 4.90 Å². The molecular formula is C17H16N2O3S. The van der Waals surface area contributed by atoms with E-state index in [2.05, 4.69) is 0 Å². The molecule has 23 heavy (non-hydrogen) atoms. The van der Waals surface area contributed by atoms with Crippen molar-refractivity contribution in [3.63, 3.8) is 0 Å². The summed E-state index contributed by atoms with van der Waals surface area (Å²) >= 11 is 1.47. The molecule has 2 aliphatic heterocycles. The van der Waals surface area contributed by atoms with Crippen LogP contribution in [0.2, 0.25) is 0 Å². The van der Waals surface area contributed by atoms with Crippen molar-refractivity contribution >= 4 is 29.0 Å². The first kappa shape index (κ1) is 14.3. The fraction of sp³-hybridized carbons (Fsp3) is 0.294. The van der Waals surface area contributed by atoms with Crippen LogP contribution in [0.3, 0.4) is 0 Å². The van der Waals surface area contributed by atoms with Gasteiger partial charge in [-0.2, -0.15) is 0 Å². The molecule has 2 amide bonds. The standard InChI is InChI=1S/C17H16N2O3S/c20-16(15-5-2-10-23-15)18-7-6-13-12(11-18)3-1-4-14(13)19-8-9-22-17(19)21/h1-5,10H,6-9,11H2. The van der Waals surface area contributed by atoms with E-state index in [1.807, 2.05) is 40.6 Å². The van der Waals surface area contributed by atoms with E-state index in [9.17, 15) is 9.59 Å². The summed E-state index contributed by atoms with van der Waals surface area (Å²) < 4.78 is 5.04. The zero-order valence-electron chi connectivity index (χ0n) is 12.5. The van der Waals surface area contributed by atoms with Gasteiger partial charge >= 0.3 is 6.09 Å². The molecule has 2 aromatic rings. The third-order valence-electron chi connectivity index (χ3n) is 4.31. The number of thiophene rings is 1. The van der Waals surface area contributed by atoms with Gasteiger partial charge in [0, 0.05) is 13.1 Å². The summed E-state index contributed by atoms with van der Waals surface area (Å²) in [5.41, 5.74) is 3.19. The monoisotopic (exact) mass is 328 g/mol. The lowest BCUT2D eigenvalue weighted by molar-refractivity contribution is 0.0739. The van der Waals surface area contributed by atoms with Gasteiger partial charge in [-0.15, -0.1) is 11.3 Å². The molecule has 0 unspecified atom stereocenters. The maximum absolute atomic E-state index is 12.5. The van der Waals surface area contributed by atoms with Crippen molar-refractivity contribution in [2.24, 2.45) is 0 Å². The van der Waals surface area contributed by atoms with Crippen molar-refractivity contribution in [2.75, 3.05) is 24.6 Å². The molecule has 1 aromatic heterocycles. The van der Waals surface area contributed by atoms with Crippen LogP contribution in [-0.2, 0) is 17.7 Å². The molecule has 0 radical (unpaired) electrons. The van der Waals surface area contributed by atoms with Crippen LogP contribution in [0, 0.1) is 0 Å². The van der Waals surface area contributed by atoms with Crippen LogP contribution in [-0.4, -0.2) is 36.6 Å². The highest BCUT2D eigenvalue weighted by Crippen LogP contribution is 2.31. The second kappa shape index (κ2) is 5.70. The number of cyclic esters (lactones) is 1. The number of fused-ring (bicyclic) bond motifs is 1. The van der Waals surface area contributed by atoms with Crippen molar-refractivity contribution < 1.29 is 14.3 Å². The Kier molecular flexibility index (Phi) is 3.53. The van der Waals surface area contributed by atoms with E-state index < -0.39 is 0 Å². The topological polar surface area (TPSA) is 49.9 Å². The number of amides is 2. The lowest BCUT2D eigenvalue weighted by Gasteiger charge is -2.31. The lowest BCUT2D eigenvalue weighted by Crippen LogP contribution is -2.36. The molecule has 0 aliphatic carbocycles. The molecule has 1 fully saturated rings. The Labute approximate surface area is 138 Å². The molecule has 4 rings (SSSR count). The average Bonchev–Trinajstić information content (AvgIpc) is 3.24. The Balaban J connectivity index is 1.61. The molecule has 0 spiro atoms. The van der Waals surface area contributed by atoms with Crippen LogP contribution >= 0.6 is 11.3 Å². The van der Waals surface area contributed by atoms with Gasteiger partial charge in [0.05, 0.1) is 17.1 Å². The van der Waals surface area contributed by atoms with Gasteiger partial charge in [0.15, 0.2) is 0 Å². The molecule has 3 heterocycles. The second-order valence-electron chi connectivity index (χ2n) is 5.63. The number of anilines is 1. The number of hydrogen-bond acceptors (Lipinski definition) is 4. The Bertz CT molecular complexity index is 757. The molecule has 0 N–H and O–H groups in total. The van der Waals surface area contributed by atoms with Crippen molar-refractivity contribution in [3.8, 4) is 0 Å². The summed E-state index contributed by atoms with van der Waals surface area (Å²) in [7, 11) is 0. The predicted octanol–water partition coefficient (Wildman–Crippen LogP) is 2.90. The molecule has 0 saturated carbocycles.